The highest BCUT2D eigenvalue weighted by Gasteiger charge is 2.36. The van der Waals surface area contributed by atoms with Crippen molar-refractivity contribution < 1.29 is 0 Å². The quantitative estimate of drug-likeness (QED) is 0.462. The SMILES string of the molecule is CCCCCC1(C)CSC(C2CCC(CCC)CC2)SC1. The molecule has 0 amide bonds. The van der Waals surface area contributed by atoms with Gasteiger partial charge >= 0.3 is 0 Å². The van der Waals surface area contributed by atoms with Gasteiger partial charge < -0.3 is 0 Å². The van der Waals surface area contributed by atoms with Crippen LogP contribution in [0.2, 0.25) is 0 Å². The Kier molecular flexibility index (Phi) is 7.83. The molecule has 21 heavy (non-hydrogen) atoms. The van der Waals surface area contributed by atoms with Crippen LogP contribution in [-0.4, -0.2) is 16.1 Å². The molecule has 0 aromatic carbocycles. The van der Waals surface area contributed by atoms with Crippen LogP contribution in [0.4, 0.5) is 0 Å². The fourth-order valence-electron chi connectivity index (χ4n) is 4.03. The molecular weight excluding hydrogens is 292 g/mol. The van der Waals surface area contributed by atoms with E-state index in [1.165, 1.54) is 75.7 Å². The fraction of sp³-hybridized carbons (Fsp3) is 1.00. The van der Waals surface area contributed by atoms with Crippen LogP contribution in [0, 0.1) is 17.3 Å². The number of unbranched alkanes of at least 4 members (excludes halogenated alkanes) is 2. The van der Waals surface area contributed by atoms with Gasteiger partial charge in [-0.1, -0.05) is 65.7 Å². The van der Waals surface area contributed by atoms with E-state index >= 15 is 0 Å². The number of hydrogen-bond donors (Lipinski definition) is 0. The summed E-state index contributed by atoms with van der Waals surface area (Å²) >= 11 is 4.62. The van der Waals surface area contributed by atoms with Crippen molar-refractivity contribution in [2.45, 2.75) is 89.6 Å². The van der Waals surface area contributed by atoms with Crippen molar-refractivity contribution in [2.24, 2.45) is 17.3 Å². The van der Waals surface area contributed by atoms with E-state index in [-0.39, 0.29) is 0 Å². The normalized spacial score (nSPS) is 37.6. The maximum Gasteiger partial charge on any atom is 0.0531 e. The molecule has 1 saturated carbocycles. The Morgan fingerprint density at radius 1 is 0.905 bits per heavy atom. The maximum atomic E-state index is 2.54. The van der Waals surface area contributed by atoms with Crippen LogP contribution in [0.25, 0.3) is 0 Å². The molecule has 2 rings (SSSR count). The molecule has 2 fully saturated rings. The van der Waals surface area contributed by atoms with Crippen LogP contribution in [0.15, 0.2) is 0 Å². The number of thioether (sulfide) groups is 2. The maximum absolute atomic E-state index is 2.54. The molecule has 0 bridgehead atoms. The van der Waals surface area contributed by atoms with Crippen molar-refractivity contribution in [2.75, 3.05) is 11.5 Å². The summed E-state index contributed by atoms with van der Waals surface area (Å²) in [7, 11) is 0. The van der Waals surface area contributed by atoms with Gasteiger partial charge in [0.1, 0.15) is 0 Å². The third-order valence-electron chi connectivity index (χ3n) is 5.55. The Bertz CT molecular complexity index is 273. The third-order valence-corrected chi connectivity index (χ3v) is 9.52. The molecule has 2 heteroatoms. The summed E-state index contributed by atoms with van der Waals surface area (Å²) in [5.74, 6) is 4.92. The van der Waals surface area contributed by atoms with Crippen molar-refractivity contribution in [3.63, 3.8) is 0 Å². The molecule has 1 aliphatic heterocycles. The van der Waals surface area contributed by atoms with E-state index in [9.17, 15) is 0 Å². The van der Waals surface area contributed by atoms with Crippen LogP contribution in [0.1, 0.15) is 85.0 Å². The van der Waals surface area contributed by atoms with E-state index < -0.39 is 0 Å². The lowest BCUT2D eigenvalue weighted by Crippen LogP contribution is -2.33. The van der Waals surface area contributed by atoms with E-state index in [0.717, 1.165) is 16.4 Å². The molecule has 1 saturated heterocycles. The molecule has 0 aromatic heterocycles. The topological polar surface area (TPSA) is 0 Å². The number of rotatable bonds is 7. The highest BCUT2D eigenvalue weighted by Crippen LogP contribution is 2.49. The van der Waals surface area contributed by atoms with Gasteiger partial charge in [-0.25, -0.2) is 0 Å². The van der Waals surface area contributed by atoms with Crippen LogP contribution in [-0.2, 0) is 0 Å². The summed E-state index contributed by atoms with van der Waals surface area (Å²) in [4.78, 5) is 0. The van der Waals surface area contributed by atoms with Gasteiger partial charge in [-0.05, 0) is 36.5 Å². The highest BCUT2D eigenvalue weighted by molar-refractivity contribution is 8.17. The van der Waals surface area contributed by atoms with Gasteiger partial charge in [-0.15, -0.1) is 23.5 Å². The van der Waals surface area contributed by atoms with Crippen LogP contribution < -0.4 is 0 Å². The Morgan fingerprint density at radius 3 is 2.14 bits per heavy atom. The molecule has 2 aliphatic rings. The average Bonchev–Trinajstić information content (AvgIpc) is 2.50. The lowest BCUT2D eigenvalue weighted by Gasteiger charge is -2.41. The second kappa shape index (κ2) is 9.11. The van der Waals surface area contributed by atoms with E-state index in [0.29, 0.717) is 5.41 Å². The van der Waals surface area contributed by atoms with Gasteiger partial charge in [0.2, 0.25) is 0 Å². The molecule has 0 unspecified atom stereocenters. The first kappa shape index (κ1) is 18.0. The van der Waals surface area contributed by atoms with E-state index in [1.807, 2.05) is 0 Å². The molecule has 0 nitrogen and oxygen atoms in total. The molecule has 124 valence electrons. The zero-order valence-electron chi connectivity index (χ0n) is 14.5. The number of hydrogen-bond acceptors (Lipinski definition) is 2. The van der Waals surface area contributed by atoms with Gasteiger partial charge in [0, 0.05) is 11.5 Å². The zero-order chi connectivity index (χ0) is 15.1. The van der Waals surface area contributed by atoms with Gasteiger partial charge in [0.15, 0.2) is 0 Å². The molecule has 1 heterocycles. The summed E-state index contributed by atoms with van der Waals surface area (Å²) in [5.41, 5.74) is 0.625. The summed E-state index contributed by atoms with van der Waals surface area (Å²) in [6.07, 6.45) is 14.6. The van der Waals surface area contributed by atoms with Crippen molar-refractivity contribution in [1.29, 1.82) is 0 Å². The fourth-order valence-corrected chi connectivity index (χ4v) is 7.67. The van der Waals surface area contributed by atoms with Crippen molar-refractivity contribution in [3.8, 4) is 0 Å². The minimum atomic E-state index is 0.625. The van der Waals surface area contributed by atoms with E-state index in [1.54, 1.807) is 0 Å². The predicted octanol–water partition coefficient (Wildman–Crippen LogP) is 6.99. The van der Waals surface area contributed by atoms with E-state index in [4.69, 9.17) is 0 Å². The van der Waals surface area contributed by atoms with Gasteiger partial charge in [-0.3, -0.25) is 0 Å². The van der Waals surface area contributed by atoms with Gasteiger partial charge in [-0.2, -0.15) is 0 Å². The Morgan fingerprint density at radius 2 is 1.57 bits per heavy atom. The summed E-state index contributed by atoms with van der Waals surface area (Å²) in [6, 6.07) is 0. The monoisotopic (exact) mass is 328 g/mol. The minimum absolute atomic E-state index is 0.625. The van der Waals surface area contributed by atoms with E-state index in [2.05, 4.69) is 44.3 Å². The second-order valence-corrected chi connectivity index (χ2v) is 10.4. The van der Waals surface area contributed by atoms with Gasteiger partial charge in [0.25, 0.3) is 0 Å². The lowest BCUT2D eigenvalue weighted by atomic mass is 9.81. The highest BCUT2D eigenvalue weighted by atomic mass is 32.2. The van der Waals surface area contributed by atoms with Crippen LogP contribution in [0.3, 0.4) is 0 Å². The molecule has 1 aliphatic carbocycles. The van der Waals surface area contributed by atoms with Crippen LogP contribution in [0.5, 0.6) is 0 Å². The first-order chi connectivity index (χ1) is 10.2. The zero-order valence-corrected chi connectivity index (χ0v) is 16.2. The Balaban J connectivity index is 1.69. The van der Waals surface area contributed by atoms with Crippen LogP contribution >= 0.6 is 23.5 Å². The van der Waals surface area contributed by atoms with Gasteiger partial charge in [0.05, 0.1) is 4.58 Å². The summed E-state index contributed by atoms with van der Waals surface area (Å²) in [6.45, 7) is 7.20. The molecule has 0 N–H and O–H groups in total. The standard InChI is InChI=1S/C19H36S2/c1-4-6-7-13-19(3)14-20-18(21-15-19)17-11-9-16(8-5-2)10-12-17/h16-18H,4-15H2,1-3H3. The molecular formula is C19H36S2. The minimum Gasteiger partial charge on any atom is -0.147 e. The smallest absolute Gasteiger partial charge is 0.0531 e. The molecule has 0 atom stereocenters. The second-order valence-electron chi connectivity index (χ2n) is 7.83. The third kappa shape index (κ3) is 5.68. The summed E-state index contributed by atoms with van der Waals surface area (Å²) in [5, 5.41) is 0. The van der Waals surface area contributed by atoms with Crippen molar-refractivity contribution in [3.05, 3.63) is 0 Å². The first-order valence-electron chi connectivity index (χ1n) is 9.40. The Hall–Kier alpha value is 0.700. The molecule has 0 radical (unpaired) electrons. The largest absolute Gasteiger partial charge is 0.147 e. The Labute approximate surface area is 142 Å². The van der Waals surface area contributed by atoms with Crippen molar-refractivity contribution >= 4 is 23.5 Å². The van der Waals surface area contributed by atoms with Crippen molar-refractivity contribution in [1.82, 2.24) is 0 Å². The summed E-state index contributed by atoms with van der Waals surface area (Å²) < 4.78 is 0.923. The lowest BCUT2D eigenvalue weighted by molar-refractivity contribution is 0.272. The molecule has 0 aromatic rings. The first-order valence-corrected chi connectivity index (χ1v) is 11.5. The molecule has 0 spiro atoms. The average molecular weight is 329 g/mol. The predicted molar refractivity (Wildman–Crippen MR) is 101 cm³/mol.